The summed E-state index contributed by atoms with van der Waals surface area (Å²) in [5.41, 5.74) is 0. The summed E-state index contributed by atoms with van der Waals surface area (Å²) in [5.74, 6) is 0. The van der Waals surface area contributed by atoms with Gasteiger partial charge in [-0.05, 0) is 49.6 Å². The largest absolute Gasteiger partial charge is 0.243 e. The number of rotatable bonds is 6. The predicted molar refractivity (Wildman–Crippen MR) is 92.5 cm³/mol. The zero-order chi connectivity index (χ0) is 16.3. The van der Waals surface area contributed by atoms with E-state index in [1.54, 1.807) is 16.4 Å². The van der Waals surface area contributed by atoms with E-state index in [0.29, 0.717) is 4.90 Å². The minimum absolute atomic E-state index is 0.00794. The molecule has 0 aromatic heterocycles. The standard InChI is InChI=1S/C18H25NO2S/c1-5-14(3)19(15(4)6-2)22(20,21)18-12-11-16-9-7-8-10-17(16)13-18/h7-15H,5-6H2,1-4H3. The van der Waals surface area contributed by atoms with Crippen LogP contribution in [0.5, 0.6) is 0 Å². The van der Waals surface area contributed by atoms with Crippen LogP contribution in [0.15, 0.2) is 47.4 Å². The summed E-state index contributed by atoms with van der Waals surface area (Å²) in [6, 6.07) is 13.2. The molecule has 22 heavy (non-hydrogen) atoms. The van der Waals surface area contributed by atoms with E-state index in [1.807, 2.05) is 58.0 Å². The normalized spacial score (nSPS) is 15.1. The van der Waals surface area contributed by atoms with Crippen molar-refractivity contribution in [3.63, 3.8) is 0 Å². The van der Waals surface area contributed by atoms with Gasteiger partial charge in [0.15, 0.2) is 0 Å². The molecule has 2 atom stereocenters. The van der Waals surface area contributed by atoms with Gasteiger partial charge in [0.05, 0.1) is 4.90 Å². The molecule has 0 aliphatic heterocycles. The summed E-state index contributed by atoms with van der Waals surface area (Å²) in [7, 11) is -3.48. The molecule has 0 bridgehead atoms. The smallest absolute Gasteiger partial charge is 0.207 e. The van der Waals surface area contributed by atoms with Gasteiger partial charge in [0.2, 0.25) is 10.0 Å². The van der Waals surface area contributed by atoms with Gasteiger partial charge in [-0.3, -0.25) is 0 Å². The molecule has 2 rings (SSSR count). The third-order valence-corrected chi connectivity index (χ3v) is 6.47. The van der Waals surface area contributed by atoms with E-state index < -0.39 is 10.0 Å². The average Bonchev–Trinajstić information content (AvgIpc) is 2.53. The fourth-order valence-electron chi connectivity index (χ4n) is 2.72. The van der Waals surface area contributed by atoms with Crippen molar-refractivity contribution >= 4 is 20.8 Å². The highest BCUT2D eigenvalue weighted by Crippen LogP contribution is 2.26. The first-order valence-corrected chi connectivity index (χ1v) is 9.38. The highest BCUT2D eigenvalue weighted by Gasteiger charge is 2.31. The number of hydrogen-bond donors (Lipinski definition) is 0. The lowest BCUT2D eigenvalue weighted by Gasteiger charge is -2.32. The van der Waals surface area contributed by atoms with Crippen molar-refractivity contribution < 1.29 is 8.42 Å². The second-order valence-corrected chi connectivity index (χ2v) is 7.70. The van der Waals surface area contributed by atoms with Gasteiger partial charge in [0.25, 0.3) is 0 Å². The van der Waals surface area contributed by atoms with Crippen LogP contribution >= 0.6 is 0 Å². The van der Waals surface area contributed by atoms with Gasteiger partial charge in [0, 0.05) is 12.1 Å². The Balaban J connectivity index is 2.53. The Labute approximate surface area is 134 Å². The van der Waals surface area contributed by atoms with E-state index >= 15 is 0 Å². The van der Waals surface area contributed by atoms with Crippen LogP contribution in [0.25, 0.3) is 10.8 Å². The Morgan fingerprint density at radius 2 is 1.45 bits per heavy atom. The molecule has 0 aliphatic carbocycles. The Morgan fingerprint density at radius 3 is 2.00 bits per heavy atom. The molecule has 0 heterocycles. The lowest BCUT2D eigenvalue weighted by Crippen LogP contribution is -2.44. The zero-order valence-electron chi connectivity index (χ0n) is 13.8. The van der Waals surface area contributed by atoms with Crippen molar-refractivity contribution in [2.75, 3.05) is 0 Å². The first-order chi connectivity index (χ1) is 10.4. The maximum Gasteiger partial charge on any atom is 0.243 e. The summed E-state index contributed by atoms with van der Waals surface area (Å²) in [4.78, 5) is 0.381. The summed E-state index contributed by atoms with van der Waals surface area (Å²) in [6.45, 7) is 8.00. The van der Waals surface area contributed by atoms with Crippen LogP contribution < -0.4 is 0 Å². The number of benzene rings is 2. The molecule has 0 aliphatic rings. The van der Waals surface area contributed by atoms with Crippen LogP contribution in [0, 0.1) is 0 Å². The third-order valence-electron chi connectivity index (χ3n) is 4.35. The van der Waals surface area contributed by atoms with E-state index in [-0.39, 0.29) is 12.1 Å². The van der Waals surface area contributed by atoms with Gasteiger partial charge < -0.3 is 0 Å². The van der Waals surface area contributed by atoms with Crippen molar-refractivity contribution in [3.8, 4) is 0 Å². The van der Waals surface area contributed by atoms with Crippen LogP contribution in [0.1, 0.15) is 40.5 Å². The van der Waals surface area contributed by atoms with E-state index in [2.05, 4.69) is 0 Å². The molecule has 2 unspecified atom stereocenters. The molecule has 0 saturated carbocycles. The Morgan fingerprint density at radius 1 is 0.909 bits per heavy atom. The van der Waals surface area contributed by atoms with Crippen molar-refractivity contribution in [1.29, 1.82) is 0 Å². The van der Waals surface area contributed by atoms with Crippen molar-refractivity contribution in [2.45, 2.75) is 57.5 Å². The second-order valence-electron chi connectivity index (χ2n) is 5.86. The molecule has 4 heteroatoms. The highest BCUT2D eigenvalue weighted by molar-refractivity contribution is 7.89. The Bertz CT molecular complexity index is 730. The quantitative estimate of drug-likeness (QED) is 0.790. The summed E-state index contributed by atoms with van der Waals surface area (Å²) < 4.78 is 27.9. The molecule has 2 aromatic rings. The first kappa shape index (κ1) is 17.0. The van der Waals surface area contributed by atoms with E-state index in [9.17, 15) is 8.42 Å². The SMILES string of the molecule is CCC(C)N(C(C)CC)S(=O)(=O)c1ccc2ccccc2c1. The topological polar surface area (TPSA) is 37.4 Å². The molecule has 0 amide bonds. The number of fused-ring (bicyclic) bond motifs is 1. The summed E-state index contributed by atoms with van der Waals surface area (Å²) in [6.07, 6.45) is 1.61. The highest BCUT2D eigenvalue weighted by atomic mass is 32.2. The van der Waals surface area contributed by atoms with Gasteiger partial charge in [-0.25, -0.2) is 8.42 Å². The summed E-state index contributed by atoms with van der Waals surface area (Å²) >= 11 is 0. The Hall–Kier alpha value is -1.39. The fraction of sp³-hybridized carbons (Fsp3) is 0.444. The molecule has 0 radical (unpaired) electrons. The molecule has 0 saturated heterocycles. The van der Waals surface area contributed by atoms with E-state index in [0.717, 1.165) is 23.6 Å². The van der Waals surface area contributed by atoms with Crippen LogP contribution in [-0.4, -0.2) is 24.8 Å². The molecule has 0 N–H and O–H groups in total. The maximum atomic E-state index is 13.1. The second kappa shape index (κ2) is 6.80. The van der Waals surface area contributed by atoms with Crippen molar-refractivity contribution in [3.05, 3.63) is 42.5 Å². The van der Waals surface area contributed by atoms with Crippen LogP contribution in [0.3, 0.4) is 0 Å². The van der Waals surface area contributed by atoms with Gasteiger partial charge in [0.1, 0.15) is 0 Å². The van der Waals surface area contributed by atoms with Crippen molar-refractivity contribution in [2.24, 2.45) is 0 Å². The van der Waals surface area contributed by atoms with Gasteiger partial charge in [-0.15, -0.1) is 0 Å². The van der Waals surface area contributed by atoms with Crippen LogP contribution in [0.2, 0.25) is 0 Å². The van der Waals surface area contributed by atoms with Crippen LogP contribution in [0.4, 0.5) is 0 Å². The molecule has 120 valence electrons. The van der Waals surface area contributed by atoms with Gasteiger partial charge in [-0.2, -0.15) is 4.31 Å². The first-order valence-electron chi connectivity index (χ1n) is 7.94. The third kappa shape index (κ3) is 3.18. The molecular weight excluding hydrogens is 294 g/mol. The lowest BCUT2D eigenvalue weighted by molar-refractivity contribution is 0.263. The van der Waals surface area contributed by atoms with Gasteiger partial charge in [-0.1, -0.05) is 44.2 Å². The molecule has 0 spiro atoms. The van der Waals surface area contributed by atoms with Crippen molar-refractivity contribution in [1.82, 2.24) is 4.31 Å². The van der Waals surface area contributed by atoms with Gasteiger partial charge >= 0.3 is 0 Å². The lowest BCUT2D eigenvalue weighted by atomic mass is 10.1. The fourth-order valence-corrected chi connectivity index (χ4v) is 4.72. The Kier molecular flexibility index (Phi) is 5.24. The predicted octanol–water partition coefficient (Wildman–Crippen LogP) is 4.43. The number of sulfonamides is 1. The molecule has 3 nitrogen and oxygen atoms in total. The minimum atomic E-state index is -3.48. The maximum absolute atomic E-state index is 13.1. The number of nitrogens with zero attached hydrogens (tertiary/aromatic N) is 1. The average molecular weight is 319 g/mol. The van der Waals surface area contributed by atoms with E-state index in [1.165, 1.54) is 0 Å². The van der Waals surface area contributed by atoms with E-state index in [4.69, 9.17) is 0 Å². The molecule has 2 aromatic carbocycles. The number of hydrogen-bond acceptors (Lipinski definition) is 2. The van der Waals surface area contributed by atoms with Crippen LogP contribution in [-0.2, 0) is 10.0 Å². The molecular formula is C18H25NO2S. The summed E-state index contributed by atoms with van der Waals surface area (Å²) in [5, 5.41) is 2.01. The monoisotopic (exact) mass is 319 g/mol. The minimum Gasteiger partial charge on any atom is -0.207 e. The molecule has 0 fully saturated rings. The zero-order valence-corrected chi connectivity index (χ0v) is 14.6.